The first-order valence-electron chi connectivity index (χ1n) is 8.19. The van der Waals surface area contributed by atoms with Crippen molar-refractivity contribution in [3.8, 4) is 6.07 Å². The molecule has 1 saturated heterocycles. The average Bonchev–Trinajstić information content (AvgIpc) is 3.07. The van der Waals surface area contributed by atoms with Gasteiger partial charge in [-0.2, -0.15) is 5.26 Å². The molecule has 0 aromatic heterocycles. The summed E-state index contributed by atoms with van der Waals surface area (Å²) in [6, 6.07) is 12.2. The van der Waals surface area contributed by atoms with E-state index in [1.165, 1.54) is 6.42 Å². The Balaban J connectivity index is 1.62. The highest BCUT2D eigenvalue weighted by Gasteiger charge is 2.45. The van der Waals surface area contributed by atoms with Crippen LogP contribution in [-0.4, -0.2) is 28.9 Å². The standard InChI is InChI=1S/C18H23N3O/c19-12-16-10-14-7-4-8-17(14)21(16)18(22)11-15(20)9-13-5-2-1-3-6-13/h1-3,5-6,14-17H,4,7-11,20H2/t14-,15+,16-,17-/m0/s1. The first-order valence-corrected chi connectivity index (χ1v) is 8.19. The first kappa shape index (κ1) is 15.1. The largest absolute Gasteiger partial charge is 0.327 e. The normalized spacial score (nSPS) is 28.2. The molecule has 4 heteroatoms. The summed E-state index contributed by atoms with van der Waals surface area (Å²) in [5.41, 5.74) is 7.32. The predicted molar refractivity (Wildman–Crippen MR) is 84.7 cm³/mol. The molecule has 4 nitrogen and oxygen atoms in total. The smallest absolute Gasteiger partial charge is 0.225 e. The van der Waals surface area contributed by atoms with Crippen LogP contribution in [0.3, 0.4) is 0 Å². The van der Waals surface area contributed by atoms with Crippen LogP contribution in [0.15, 0.2) is 30.3 Å². The zero-order valence-corrected chi connectivity index (χ0v) is 12.8. The van der Waals surface area contributed by atoms with E-state index in [1.54, 1.807) is 0 Å². The number of fused-ring (bicyclic) bond motifs is 1. The maximum absolute atomic E-state index is 12.7. The molecule has 0 bridgehead atoms. The Hall–Kier alpha value is -1.86. The van der Waals surface area contributed by atoms with Gasteiger partial charge in [0.05, 0.1) is 6.07 Å². The van der Waals surface area contributed by atoms with Crippen molar-refractivity contribution in [1.82, 2.24) is 4.90 Å². The second kappa shape index (κ2) is 6.50. The highest BCUT2D eigenvalue weighted by atomic mass is 16.2. The Morgan fingerprint density at radius 3 is 2.86 bits per heavy atom. The van der Waals surface area contributed by atoms with Crippen LogP contribution in [0.1, 0.15) is 37.7 Å². The van der Waals surface area contributed by atoms with E-state index in [9.17, 15) is 10.1 Å². The Kier molecular flexibility index (Phi) is 4.44. The van der Waals surface area contributed by atoms with Crippen LogP contribution < -0.4 is 5.73 Å². The lowest BCUT2D eigenvalue weighted by molar-refractivity contribution is -0.133. The minimum Gasteiger partial charge on any atom is -0.327 e. The van der Waals surface area contributed by atoms with Crippen LogP contribution in [0.2, 0.25) is 0 Å². The molecular formula is C18H23N3O. The minimum atomic E-state index is -0.244. The van der Waals surface area contributed by atoms with Crippen LogP contribution in [0.25, 0.3) is 0 Å². The van der Waals surface area contributed by atoms with Gasteiger partial charge < -0.3 is 10.6 Å². The number of nitrogens with two attached hydrogens (primary N) is 1. The zero-order valence-electron chi connectivity index (χ0n) is 12.8. The summed E-state index contributed by atoms with van der Waals surface area (Å²) in [6.45, 7) is 0. The van der Waals surface area contributed by atoms with Gasteiger partial charge in [0.2, 0.25) is 5.91 Å². The number of rotatable bonds is 4. The molecule has 3 rings (SSSR count). The predicted octanol–water partition coefficient (Wildman–Crippen LogP) is 2.24. The van der Waals surface area contributed by atoms with Crippen LogP contribution >= 0.6 is 0 Å². The van der Waals surface area contributed by atoms with E-state index >= 15 is 0 Å². The monoisotopic (exact) mass is 297 g/mol. The molecule has 116 valence electrons. The Labute approximate surface area is 131 Å². The SMILES string of the molecule is N#C[C@@H]1C[C@@H]2CCC[C@@H]2N1C(=O)C[C@H](N)Cc1ccccc1. The summed E-state index contributed by atoms with van der Waals surface area (Å²) in [7, 11) is 0. The highest BCUT2D eigenvalue weighted by molar-refractivity contribution is 5.78. The molecule has 0 radical (unpaired) electrons. The second-order valence-corrected chi connectivity index (χ2v) is 6.59. The van der Waals surface area contributed by atoms with E-state index in [0.717, 1.165) is 24.8 Å². The van der Waals surface area contributed by atoms with E-state index in [4.69, 9.17) is 5.73 Å². The number of nitrogens with zero attached hydrogens (tertiary/aromatic N) is 2. The molecule has 2 aliphatic rings. The lowest BCUT2D eigenvalue weighted by Gasteiger charge is -2.27. The Morgan fingerprint density at radius 1 is 1.36 bits per heavy atom. The number of likely N-dealkylation sites (tertiary alicyclic amines) is 1. The first-order chi connectivity index (χ1) is 10.7. The summed E-state index contributed by atoms with van der Waals surface area (Å²) in [5.74, 6) is 0.586. The lowest BCUT2D eigenvalue weighted by atomic mass is 10.0. The van der Waals surface area contributed by atoms with Crippen molar-refractivity contribution in [2.45, 2.75) is 56.7 Å². The van der Waals surface area contributed by atoms with E-state index < -0.39 is 0 Å². The number of carbonyl (C=O) groups is 1. The quantitative estimate of drug-likeness (QED) is 0.926. The van der Waals surface area contributed by atoms with Crippen LogP contribution in [-0.2, 0) is 11.2 Å². The number of hydrogen-bond acceptors (Lipinski definition) is 3. The lowest BCUT2D eigenvalue weighted by Crippen LogP contribution is -2.43. The van der Waals surface area contributed by atoms with Gasteiger partial charge in [-0.25, -0.2) is 0 Å². The van der Waals surface area contributed by atoms with Crippen molar-refractivity contribution in [3.63, 3.8) is 0 Å². The molecule has 1 heterocycles. The molecule has 1 aromatic carbocycles. The van der Waals surface area contributed by atoms with E-state index in [2.05, 4.69) is 6.07 Å². The fraction of sp³-hybridized carbons (Fsp3) is 0.556. The van der Waals surface area contributed by atoms with Gasteiger partial charge in [0.1, 0.15) is 6.04 Å². The number of amides is 1. The van der Waals surface area contributed by atoms with Gasteiger partial charge in [-0.3, -0.25) is 4.79 Å². The van der Waals surface area contributed by atoms with Gasteiger partial charge in [-0.1, -0.05) is 36.8 Å². The molecule has 0 spiro atoms. The van der Waals surface area contributed by atoms with Gasteiger partial charge in [-0.15, -0.1) is 0 Å². The van der Waals surface area contributed by atoms with Gasteiger partial charge >= 0.3 is 0 Å². The third-order valence-corrected chi connectivity index (χ3v) is 5.05. The minimum absolute atomic E-state index is 0.0596. The van der Waals surface area contributed by atoms with Crippen molar-refractivity contribution in [3.05, 3.63) is 35.9 Å². The summed E-state index contributed by atoms with van der Waals surface area (Å²) in [6.07, 6.45) is 5.25. The van der Waals surface area contributed by atoms with E-state index in [-0.39, 0.29) is 24.0 Å². The molecule has 1 aliphatic heterocycles. The molecule has 22 heavy (non-hydrogen) atoms. The number of benzene rings is 1. The molecular weight excluding hydrogens is 274 g/mol. The molecule has 1 aliphatic carbocycles. The topological polar surface area (TPSA) is 70.1 Å². The molecule has 1 amide bonds. The zero-order chi connectivity index (χ0) is 15.5. The Morgan fingerprint density at radius 2 is 2.14 bits per heavy atom. The van der Waals surface area contributed by atoms with Gasteiger partial charge in [0.15, 0.2) is 0 Å². The van der Waals surface area contributed by atoms with Crippen LogP contribution in [0.4, 0.5) is 0 Å². The summed E-state index contributed by atoms with van der Waals surface area (Å²) in [4.78, 5) is 14.5. The van der Waals surface area contributed by atoms with Crippen molar-refractivity contribution in [2.24, 2.45) is 11.7 Å². The number of hydrogen-bond donors (Lipinski definition) is 1. The third-order valence-electron chi connectivity index (χ3n) is 5.05. The van der Waals surface area contributed by atoms with Crippen molar-refractivity contribution in [2.75, 3.05) is 0 Å². The van der Waals surface area contributed by atoms with Gasteiger partial charge in [0, 0.05) is 18.5 Å². The van der Waals surface area contributed by atoms with E-state index in [0.29, 0.717) is 18.8 Å². The molecule has 0 unspecified atom stereocenters. The Bertz CT molecular complexity index is 565. The van der Waals surface area contributed by atoms with Crippen molar-refractivity contribution in [1.29, 1.82) is 5.26 Å². The van der Waals surface area contributed by atoms with Crippen LogP contribution in [0, 0.1) is 17.2 Å². The maximum Gasteiger partial charge on any atom is 0.225 e. The number of carbonyl (C=O) groups excluding carboxylic acids is 1. The van der Waals surface area contributed by atoms with Gasteiger partial charge in [-0.05, 0) is 37.2 Å². The van der Waals surface area contributed by atoms with E-state index in [1.807, 2.05) is 35.2 Å². The summed E-state index contributed by atoms with van der Waals surface area (Å²) >= 11 is 0. The van der Waals surface area contributed by atoms with Crippen molar-refractivity contribution < 1.29 is 4.79 Å². The number of nitriles is 1. The fourth-order valence-electron chi connectivity index (χ4n) is 4.08. The second-order valence-electron chi connectivity index (χ2n) is 6.59. The maximum atomic E-state index is 12.7. The molecule has 2 N–H and O–H groups in total. The average molecular weight is 297 g/mol. The third kappa shape index (κ3) is 3.00. The highest BCUT2D eigenvalue weighted by Crippen LogP contribution is 2.41. The van der Waals surface area contributed by atoms with Gasteiger partial charge in [0.25, 0.3) is 0 Å². The summed E-state index contributed by atoms with van der Waals surface area (Å²) < 4.78 is 0. The summed E-state index contributed by atoms with van der Waals surface area (Å²) in [5, 5.41) is 9.33. The molecule has 1 aromatic rings. The fourth-order valence-corrected chi connectivity index (χ4v) is 4.08. The molecule has 2 fully saturated rings. The van der Waals surface area contributed by atoms with Crippen molar-refractivity contribution >= 4 is 5.91 Å². The molecule has 1 saturated carbocycles. The van der Waals surface area contributed by atoms with Crippen LogP contribution in [0.5, 0.6) is 0 Å². The molecule has 4 atom stereocenters.